The maximum atomic E-state index is 2.49. The molecule has 0 heterocycles. The van der Waals surface area contributed by atoms with Gasteiger partial charge in [0.05, 0.1) is 0 Å². The molecule has 0 saturated heterocycles. The van der Waals surface area contributed by atoms with Crippen LogP contribution in [0.2, 0.25) is 0 Å². The third kappa shape index (κ3) is 14.8. The third-order valence-corrected chi connectivity index (χ3v) is 25.1. The van der Waals surface area contributed by atoms with Crippen LogP contribution in [0.5, 0.6) is 0 Å². The average Bonchev–Trinajstić information content (AvgIpc) is 1.59. The SMILES string of the molecule is CC(C)(C)c1ccc(N(c2ccc(C=Cc3ccc(N(c4ccc(C(C)(C)Cc5ccc6c(c5)-c5ccc(N(c7ccc(C=Cc8ccc(N(c9ccccc9)c9ccc%10ccccc%10c9)cc8)cc7)c7ccc(-c8ccccc8)cc7)cc5C6(C)C)cc4)c4ccc5c(c4)C(C)(C)c4ccccc4-5)cc3)cc2)c2ccc3ccccc3c2)cc1. The van der Waals surface area contributed by atoms with Gasteiger partial charge in [0.1, 0.15) is 0 Å². The van der Waals surface area contributed by atoms with E-state index in [4.69, 9.17) is 0 Å². The molecule has 19 rings (SSSR count). The van der Waals surface area contributed by atoms with Gasteiger partial charge in [-0.3, -0.25) is 0 Å². The smallest absolute Gasteiger partial charge is 0.0468 e. The molecule has 582 valence electrons. The van der Waals surface area contributed by atoms with E-state index in [1.807, 2.05) is 0 Å². The zero-order chi connectivity index (χ0) is 81.9. The maximum absolute atomic E-state index is 2.49. The minimum absolute atomic E-state index is 0.0584. The molecule has 0 saturated carbocycles. The molecule has 0 atom stereocenters. The first-order valence-corrected chi connectivity index (χ1v) is 42.2. The lowest BCUT2D eigenvalue weighted by atomic mass is 9.78. The highest BCUT2D eigenvalue weighted by molar-refractivity contribution is 5.94. The van der Waals surface area contributed by atoms with E-state index in [9.17, 15) is 0 Å². The Labute approximate surface area is 708 Å². The molecule has 0 fully saturated rings. The van der Waals surface area contributed by atoms with Crippen molar-refractivity contribution in [3.8, 4) is 33.4 Å². The summed E-state index contributed by atoms with van der Waals surface area (Å²) in [4.78, 5) is 9.56. The number of nitrogens with zero attached hydrogens (tertiary/aromatic N) is 4. The van der Waals surface area contributed by atoms with Crippen LogP contribution < -0.4 is 19.6 Å². The zero-order valence-electron chi connectivity index (χ0n) is 69.8. The first-order valence-electron chi connectivity index (χ1n) is 42.2. The largest absolute Gasteiger partial charge is 0.310 e. The summed E-state index contributed by atoms with van der Waals surface area (Å²) in [5, 5.41) is 4.89. The lowest BCUT2D eigenvalue weighted by Crippen LogP contribution is -2.21. The van der Waals surface area contributed by atoms with Crippen LogP contribution in [0, 0.1) is 0 Å². The summed E-state index contributed by atoms with van der Waals surface area (Å²) in [5.74, 6) is 0. The van der Waals surface area contributed by atoms with Crippen molar-refractivity contribution in [3.05, 3.63) is 456 Å². The molecule has 4 nitrogen and oxygen atoms in total. The van der Waals surface area contributed by atoms with Crippen molar-refractivity contribution in [2.75, 3.05) is 19.6 Å². The molecule has 2 aliphatic carbocycles. The number of hydrogen-bond donors (Lipinski definition) is 0. The Balaban J connectivity index is 0.581. The Bertz CT molecular complexity index is 6690. The monoisotopic (exact) mass is 1550 g/mol. The standard InChI is InChI=1S/C116H98N4/c1-113(2,3)91-49-65-99(66-50-91)118(102-64-48-87-25-17-19-27-90(87)76-102)95-55-38-81(39-56-95)33-35-83-42-59-97(60-43-83)120(103-69-71-106-105-30-20-21-31-109(105)115(6,7)111(106)77-103)100-67-51-92(52-68-100)114(4,5)79-84-44-73-110-108(74-84)107-72-70-104(78-112(107)116(110,8)9)119(98-61-45-88(46-62-98)85-22-12-10-13-23-85)96-57-40-82(41-58-96)34-32-80-36-53-94(54-37-80)117(93-28-14-11-15-29-93)101-63-47-86-24-16-18-26-89(86)75-101/h10-78H,79H2,1-9H3. The number of anilines is 12. The molecule has 17 aromatic carbocycles. The van der Waals surface area contributed by atoms with E-state index in [0.717, 1.165) is 96.9 Å². The van der Waals surface area contributed by atoms with Crippen molar-refractivity contribution in [3.63, 3.8) is 0 Å². The Kier molecular flexibility index (Phi) is 19.7. The van der Waals surface area contributed by atoms with Crippen LogP contribution in [0.1, 0.15) is 124 Å². The normalized spacial score (nSPS) is 13.1. The molecule has 0 aromatic heterocycles. The summed E-state index contributed by atoms with van der Waals surface area (Å²) in [6, 6.07) is 146. The molecule has 0 N–H and O–H groups in total. The van der Waals surface area contributed by atoms with Crippen molar-refractivity contribution >= 4 is 114 Å². The van der Waals surface area contributed by atoms with E-state index in [0.29, 0.717) is 0 Å². The van der Waals surface area contributed by atoms with Crippen LogP contribution in [0.15, 0.2) is 394 Å². The van der Waals surface area contributed by atoms with Crippen LogP contribution in [0.25, 0.3) is 79.2 Å². The van der Waals surface area contributed by atoms with Gasteiger partial charge >= 0.3 is 0 Å². The molecule has 0 aliphatic heterocycles. The second-order valence-corrected chi connectivity index (χ2v) is 35.2. The van der Waals surface area contributed by atoms with Gasteiger partial charge in [0, 0.05) is 79.1 Å². The van der Waals surface area contributed by atoms with Gasteiger partial charge in [0.2, 0.25) is 0 Å². The van der Waals surface area contributed by atoms with E-state index in [-0.39, 0.29) is 21.7 Å². The fourth-order valence-corrected chi connectivity index (χ4v) is 18.4. The predicted molar refractivity (Wildman–Crippen MR) is 513 cm³/mol. The van der Waals surface area contributed by atoms with Crippen LogP contribution in [0.4, 0.5) is 68.2 Å². The highest BCUT2D eigenvalue weighted by Gasteiger charge is 2.38. The minimum atomic E-state index is -0.241. The van der Waals surface area contributed by atoms with E-state index >= 15 is 0 Å². The van der Waals surface area contributed by atoms with Crippen LogP contribution >= 0.6 is 0 Å². The first kappa shape index (κ1) is 75.9. The molecule has 0 unspecified atom stereocenters. The highest BCUT2D eigenvalue weighted by atomic mass is 15.2. The number of hydrogen-bond acceptors (Lipinski definition) is 4. The fourth-order valence-electron chi connectivity index (χ4n) is 18.4. The summed E-state index contributed by atoms with van der Waals surface area (Å²) in [7, 11) is 0. The summed E-state index contributed by atoms with van der Waals surface area (Å²) >= 11 is 0. The summed E-state index contributed by atoms with van der Waals surface area (Å²) in [6.07, 6.45) is 9.76. The molecule has 4 heteroatoms. The third-order valence-electron chi connectivity index (χ3n) is 25.1. The Morgan fingerprint density at radius 1 is 0.225 bits per heavy atom. The van der Waals surface area contributed by atoms with Crippen molar-refractivity contribution in [2.24, 2.45) is 0 Å². The van der Waals surface area contributed by atoms with E-state index in [1.54, 1.807) is 0 Å². The van der Waals surface area contributed by atoms with Crippen molar-refractivity contribution in [1.29, 1.82) is 0 Å². The zero-order valence-corrected chi connectivity index (χ0v) is 69.8. The van der Waals surface area contributed by atoms with E-state index in [2.05, 4.69) is 501 Å². The highest BCUT2D eigenvalue weighted by Crippen LogP contribution is 2.54. The quantitative estimate of drug-likeness (QED) is 0.0705. The maximum Gasteiger partial charge on any atom is 0.0468 e. The van der Waals surface area contributed by atoms with Gasteiger partial charge in [-0.15, -0.1) is 0 Å². The lowest BCUT2D eigenvalue weighted by Gasteiger charge is -2.30. The Hall–Kier alpha value is -14.1. The number of fused-ring (bicyclic) bond motifs is 8. The topological polar surface area (TPSA) is 13.0 Å². The van der Waals surface area contributed by atoms with Gasteiger partial charge in [0.15, 0.2) is 0 Å². The van der Waals surface area contributed by atoms with Crippen molar-refractivity contribution in [2.45, 2.75) is 90.4 Å². The summed E-state index contributed by atoms with van der Waals surface area (Å²) in [6.45, 7) is 21.2. The summed E-state index contributed by atoms with van der Waals surface area (Å²) in [5.41, 5.74) is 34.3. The molecule has 120 heavy (non-hydrogen) atoms. The molecule has 0 bridgehead atoms. The van der Waals surface area contributed by atoms with Gasteiger partial charge in [-0.05, 0) is 279 Å². The second-order valence-electron chi connectivity index (χ2n) is 35.2. The summed E-state index contributed by atoms with van der Waals surface area (Å²) < 4.78 is 0. The molecule has 0 amide bonds. The predicted octanol–water partition coefficient (Wildman–Crippen LogP) is 32.3. The second kappa shape index (κ2) is 31.1. The van der Waals surface area contributed by atoms with Gasteiger partial charge < -0.3 is 19.6 Å². The average molecular weight is 1550 g/mol. The Morgan fingerprint density at radius 3 is 0.967 bits per heavy atom. The lowest BCUT2D eigenvalue weighted by molar-refractivity contribution is 0.522. The van der Waals surface area contributed by atoms with Gasteiger partial charge in [-0.2, -0.15) is 0 Å². The molecular formula is C116H98N4. The van der Waals surface area contributed by atoms with Crippen LogP contribution in [0.3, 0.4) is 0 Å². The minimum Gasteiger partial charge on any atom is -0.310 e. The number of para-hydroxylation sites is 1. The molecule has 2 aliphatic rings. The first-order chi connectivity index (χ1) is 58.3. The van der Waals surface area contributed by atoms with Gasteiger partial charge in [0.25, 0.3) is 0 Å². The molecule has 0 radical (unpaired) electrons. The van der Waals surface area contributed by atoms with E-state index in [1.165, 1.54) is 93.9 Å². The molecule has 0 spiro atoms. The van der Waals surface area contributed by atoms with Gasteiger partial charge in [-0.25, -0.2) is 0 Å². The van der Waals surface area contributed by atoms with Crippen molar-refractivity contribution < 1.29 is 0 Å². The van der Waals surface area contributed by atoms with E-state index < -0.39 is 0 Å². The fraction of sp³-hybridized carbons (Fsp3) is 0.121. The van der Waals surface area contributed by atoms with Crippen molar-refractivity contribution in [1.82, 2.24) is 0 Å². The Morgan fingerprint density at radius 2 is 0.533 bits per heavy atom. The number of rotatable bonds is 20. The molecule has 17 aromatic rings. The number of benzene rings is 17. The molecular weight excluding hydrogens is 1450 g/mol. The van der Waals surface area contributed by atoms with Crippen LogP contribution in [-0.2, 0) is 28.1 Å². The van der Waals surface area contributed by atoms with Crippen LogP contribution in [-0.4, -0.2) is 0 Å². The van der Waals surface area contributed by atoms with Gasteiger partial charge in [-0.1, -0.05) is 335 Å².